The van der Waals surface area contributed by atoms with Crippen LogP contribution in [0.5, 0.6) is 5.75 Å². The minimum atomic E-state index is -0.534. The zero-order valence-corrected chi connectivity index (χ0v) is 12.4. The lowest BCUT2D eigenvalue weighted by Crippen LogP contribution is -2.17. The summed E-state index contributed by atoms with van der Waals surface area (Å²) in [6.45, 7) is 0. The zero-order valence-electron chi connectivity index (χ0n) is 9.19. The summed E-state index contributed by atoms with van der Waals surface area (Å²) in [6.07, 6.45) is -0.534. The molecule has 2 aromatic carbocycles. The number of para-hydroxylation sites is 2. The second-order valence-corrected chi connectivity index (χ2v) is 5.13. The topological polar surface area (TPSA) is 38.3 Å². The summed E-state index contributed by atoms with van der Waals surface area (Å²) < 4.78 is 6.70. The third-order valence-electron chi connectivity index (χ3n) is 2.14. The maximum Gasteiger partial charge on any atom is 0.417 e. The van der Waals surface area contributed by atoms with E-state index in [0.717, 1.165) is 8.95 Å². The predicted octanol–water partition coefficient (Wildman–Crippen LogP) is 4.82. The fourth-order valence-electron chi connectivity index (χ4n) is 1.34. The maximum absolute atomic E-state index is 11.7. The Bertz CT molecular complexity index is 538. The Kier molecular flexibility index (Phi) is 4.38. The van der Waals surface area contributed by atoms with Crippen molar-refractivity contribution in [3.63, 3.8) is 0 Å². The van der Waals surface area contributed by atoms with E-state index < -0.39 is 6.09 Å². The first kappa shape index (κ1) is 13.1. The molecule has 0 aliphatic carbocycles. The Morgan fingerprint density at radius 3 is 2.17 bits per heavy atom. The van der Waals surface area contributed by atoms with Gasteiger partial charge in [-0.3, -0.25) is 5.32 Å². The van der Waals surface area contributed by atoms with Gasteiger partial charge in [-0.2, -0.15) is 0 Å². The normalized spacial score (nSPS) is 9.89. The van der Waals surface area contributed by atoms with Crippen LogP contribution in [0.4, 0.5) is 10.5 Å². The van der Waals surface area contributed by atoms with Crippen molar-refractivity contribution in [2.24, 2.45) is 0 Å². The number of benzene rings is 2. The molecule has 0 bridgehead atoms. The highest BCUT2D eigenvalue weighted by atomic mass is 79.9. The highest BCUT2D eigenvalue weighted by Crippen LogP contribution is 2.30. The minimum Gasteiger partial charge on any atom is -0.410 e. The molecule has 0 unspecified atom stereocenters. The molecule has 0 aromatic heterocycles. The average Bonchev–Trinajstić information content (AvgIpc) is 2.35. The molecule has 1 N–H and O–H groups in total. The van der Waals surface area contributed by atoms with Crippen LogP contribution in [0, 0.1) is 0 Å². The first-order valence-electron chi connectivity index (χ1n) is 5.15. The molecule has 0 atom stereocenters. The maximum atomic E-state index is 11.7. The van der Waals surface area contributed by atoms with Gasteiger partial charge in [0.15, 0.2) is 0 Å². The van der Waals surface area contributed by atoms with Gasteiger partial charge in [-0.05, 0) is 56.1 Å². The van der Waals surface area contributed by atoms with Crippen LogP contribution in [-0.2, 0) is 0 Å². The number of ether oxygens (including phenoxy) is 1. The van der Waals surface area contributed by atoms with E-state index in [1.165, 1.54) is 0 Å². The lowest BCUT2D eigenvalue weighted by molar-refractivity contribution is 0.215. The number of amides is 1. The number of hydrogen-bond donors (Lipinski definition) is 1. The number of carbonyl (C=O) groups excluding carboxylic acids is 1. The average molecular weight is 371 g/mol. The SMILES string of the molecule is O=C(Nc1c(Br)cccc1Br)Oc1ccccc1. The van der Waals surface area contributed by atoms with Crippen LogP contribution >= 0.6 is 31.9 Å². The van der Waals surface area contributed by atoms with Crippen molar-refractivity contribution in [2.45, 2.75) is 0 Å². The third kappa shape index (κ3) is 3.34. The van der Waals surface area contributed by atoms with E-state index in [0.29, 0.717) is 11.4 Å². The fourth-order valence-corrected chi connectivity index (χ4v) is 2.54. The van der Waals surface area contributed by atoms with Crippen LogP contribution in [0.15, 0.2) is 57.5 Å². The van der Waals surface area contributed by atoms with E-state index >= 15 is 0 Å². The molecular weight excluding hydrogens is 362 g/mol. The van der Waals surface area contributed by atoms with Gasteiger partial charge in [0.1, 0.15) is 5.75 Å². The van der Waals surface area contributed by atoms with E-state index in [4.69, 9.17) is 4.74 Å². The molecule has 0 saturated carbocycles. The Morgan fingerprint density at radius 2 is 1.56 bits per heavy atom. The van der Waals surface area contributed by atoms with Crippen molar-refractivity contribution in [3.8, 4) is 5.75 Å². The van der Waals surface area contributed by atoms with Crippen LogP contribution < -0.4 is 10.1 Å². The molecule has 92 valence electrons. The first-order chi connectivity index (χ1) is 8.66. The molecule has 0 aliphatic heterocycles. The van der Waals surface area contributed by atoms with Crippen molar-refractivity contribution in [3.05, 3.63) is 57.5 Å². The fraction of sp³-hybridized carbons (Fsp3) is 0. The summed E-state index contributed by atoms with van der Waals surface area (Å²) in [6, 6.07) is 14.4. The summed E-state index contributed by atoms with van der Waals surface area (Å²) in [4.78, 5) is 11.7. The third-order valence-corrected chi connectivity index (χ3v) is 3.47. The van der Waals surface area contributed by atoms with Crippen molar-refractivity contribution in [1.82, 2.24) is 0 Å². The Hall–Kier alpha value is -1.33. The van der Waals surface area contributed by atoms with Crippen molar-refractivity contribution in [2.75, 3.05) is 5.32 Å². The van der Waals surface area contributed by atoms with Gasteiger partial charge in [0.2, 0.25) is 0 Å². The first-order valence-corrected chi connectivity index (χ1v) is 6.73. The number of halogens is 2. The molecule has 0 fully saturated rings. The Morgan fingerprint density at radius 1 is 0.944 bits per heavy atom. The number of carbonyl (C=O) groups is 1. The molecule has 0 heterocycles. The summed E-state index contributed by atoms with van der Waals surface area (Å²) in [5.74, 6) is 0.498. The zero-order chi connectivity index (χ0) is 13.0. The number of anilines is 1. The van der Waals surface area contributed by atoms with Gasteiger partial charge < -0.3 is 4.74 Å². The smallest absolute Gasteiger partial charge is 0.410 e. The van der Waals surface area contributed by atoms with Gasteiger partial charge in [0.25, 0.3) is 0 Å². The van der Waals surface area contributed by atoms with Crippen LogP contribution in [0.25, 0.3) is 0 Å². The number of hydrogen-bond acceptors (Lipinski definition) is 2. The van der Waals surface area contributed by atoms with Crippen LogP contribution in [0.3, 0.4) is 0 Å². The summed E-state index contributed by atoms with van der Waals surface area (Å²) in [5.41, 5.74) is 0.637. The molecule has 3 nitrogen and oxygen atoms in total. The predicted molar refractivity (Wildman–Crippen MR) is 77.9 cm³/mol. The monoisotopic (exact) mass is 369 g/mol. The summed E-state index contributed by atoms with van der Waals surface area (Å²) in [5, 5.41) is 2.67. The lowest BCUT2D eigenvalue weighted by atomic mass is 10.3. The Balaban J connectivity index is 2.08. The van der Waals surface area contributed by atoms with Crippen molar-refractivity contribution in [1.29, 1.82) is 0 Å². The van der Waals surface area contributed by atoms with Crippen LogP contribution in [-0.4, -0.2) is 6.09 Å². The van der Waals surface area contributed by atoms with Crippen LogP contribution in [0.2, 0.25) is 0 Å². The molecule has 18 heavy (non-hydrogen) atoms. The van der Waals surface area contributed by atoms with Gasteiger partial charge in [-0.15, -0.1) is 0 Å². The molecule has 5 heteroatoms. The van der Waals surface area contributed by atoms with Gasteiger partial charge >= 0.3 is 6.09 Å². The quantitative estimate of drug-likeness (QED) is 0.822. The number of rotatable bonds is 2. The molecule has 2 rings (SSSR count). The van der Waals surface area contributed by atoms with Gasteiger partial charge in [0.05, 0.1) is 5.69 Å². The van der Waals surface area contributed by atoms with E-state index in [-0.39, 0.29) is 0 Å². The van der Waals surface area contributed by atoms with Gasteiger partial charge in [-0.25, -0.2) is 4.79 Å². The molecular formula is C13H9Br2NO2. The summed E-state index contributed by atoms with van der Waals surface area (Å²) >= 11 is 6.72. The molecule has 0 saturated heterocycles. The highest BCUT2D eigenvalue weighted by Gasteiger charge is 2.10. The molecule has 0 radical (unpaired) electrons. The van der Waals surface area contributed by atoms with E-state index in [9.17, 15) is 4.79 Å². The summed E-state index contributed by atoms with van der Waals surface area (Å²) in [7, 11) is 0. The van der Waals surface area contributed by atoms with Gasteiger partial charge in [-0.1, -0.05) is 24.3 Å². The molecule has 0 aliphatic rings. The molecule has 2 aromatic rings. The second kappa shape index (κ2) is 6.02. The highest BCUT2D eigenvalue weighted by molar-refractivity contribution is 9.11. The van der Waals surface area contributed by atoms with Crippen molar-refractivity contribution < 1.29 is 9.53 Å². The number of nitrogens with one attached hydrogen (secondary N) is 1. The minimum absolute atomic E-state index is 0.498. The van der Waals surface area contributed by atoms with E-state index in [1.807, 2.05) is 24.3 Å². The Labute approximate surface area is 121 Å². The standard InChI is InChI=1S/C13H9Br2NO2/c14-10-7-4-8-11(15)12(10)16-13(17)18-9-5-2-1-3-6-9/h1-8H,(H,16,17). The molecule has 1 amide bonds. The van der Waals surface area contributed by atoms with Crippen LogP contribution in [0.1, 0.15) is 0 Å². The van der Waals surface area contributed by atoms with E-state index in [2.05, 4.69) is 37.2 Å². The van der Waals surface area contributed by atoms with Crippen molar-refractivity contribution >= 4 is 43.6 Å². The van der Waals surface area contributed by atoms with Gasteiger partial charge in [0, 0.05) is 8.95 Å². The lowest BCUT2D eigenvalue weighted by Gasteiger charge is -2.09. The molecule has 0 spiro atoms. The second-order valence-electron chi connectivity index (χ2n) is 3.42. The largest absolute Gasteiger partial charge is 0.417 e. The van der Waals surface area contributed by atoms with E-state index in [1.54, 1.807) is 24.3 Å².